The number of carbonyl (C=O) groups excluding carboxylic acids is 2. The molecule has 0 bridgehead atoms. The Hall–Kier alpha value is -3.46. The fourth-order valence-corrected chi connectivity index (χ4v) is 3.73. The largest absolute Gasteiger partial charge is 0.334 e. The first-order valence-electron chi connectivity index (χ1n) is 10.2. The normalized spacial score (nSPS) is 14.2. The standard InChI is InChI=1S/C22H22ClFN6O2/c1-15-25-20(27-30(15)19-8-6-17(24)7-9-19)21(31)28-10-3-11-29(13-12-28)22(32)26-18-5-2-4-16(23)14-18/h2,4-9,14H,3,10-13H2,1H3,(H,26,32). The fourth-order valence-electron chi connectivity index (χ4n) is 3.54. The molecule has 0 spiro atoms. The van der Waals surface area contributed by atoms with E-state index in [1.165, 1.54) is 16.8 Å². The molecule has 3 aromatic rings. The highest BCUT2D eigenvalue weighted by Crippen LogP contribution is 2.17. The number of aromatic nitrogens is 3. The minimum Gasteiger partial charge on any atom is -0.334 e. The molecule has 3 amide bonds. The van der Waals surface area contributed by atoms with E-state index >= 15 is 0 Å². The van der Waals surface area contributed by atoms with Gasteiger partial charge in [-0.05, 0) is 55.8 Å². The minimum absolute atomic E-state index is 0.0728. The lowest BCUT2D eigenvalue weighted by Crippen LogP contribution is -2.39. The third-order valence-electron chi connectivity index (χ3n) is 5.18. The van der Waals surface area contributed by atoms with Gasteiger partial charge in [0, 0.05) is 36.9 Å². The number of hydrogen-bond acceptors (Lipinski definition) is 4. The quantitative estimate of drug-likeness (QED) is 0.650. The number of amides is 3. The van der Waals surface area contributed by atoms with E-state index in [4.69, 9.17) is 11.6 Å². The van der Waals surface area contributed by atoms with Gasteiger partial charge in [-0.2, -0.15) is 0 Å². The molecule has 1 aliphatic rings. The molecule has 1 aromatic heterocycles. The van der Waals surface area contributed by atoms with Crippen LogP contribution in [0.15, 0.2) is 48.5 Å². The molecule has 0 radical (unpaired) electrons. The number of urea groups is 1. The summed E-state index contributed by atoms with van der Waals surface area (Å²) in [5.74, 6) is -0.0524. The van der Waals surface area contributed by atoms with E-state index in [9.17, 15) is 14.0 Å². The fraction of sp³-hybridized carbons (Fsp3) is 0.273. The number of carbonyl (C=O) groups is 2. The summed E-state index contributed by atoms with van der Waals surface area (Å²) in [6.45, 7) is 3.50. The molecule has 166 valence electrons. The van der Waals surface area contributed by atoms with Gasteiger partial charge < -0.3 is 15.1 Å². The van der Waals surface area contributed by atoms with E-state index in [1.807, 2.05) is 0 Å². The molecule has 0 saturated carbocycles. The van der Waals surface area contributed by atoms with Crippen molar-refractivity contribution in [2.45, 2.75) is 13.3 Å². The number of halogens is 2. The predicted octanol–water partition coefficient (Wildman–Crippen LogP) is 3.75. The van der Waals surface area contributed by atoms with Gasteiger partial charge in [0.1, 0.15) is 11.6 Å². The van der Waals surface area contributed by atoms with Crippen molar-refractivity contribution in [2.75, 3.05) is 31.5 Å². The van der Waals surface area contributed by atoms with Crippen LogP contribution < -0.4 is 5.32 Å². The molecule has 1 N–H and O–H groups in total. The highest BCUT2D eigenvalue weighted by atomic mass is 35.5. The molecular weight excluding hydrogens is 435 g/mol. The smallest absolute Gasteiger partial charge is 0.321 e. The first-order valence-corrected chi connectivity index (χ1v) is 10.6. The number of anilines is 1. The van der Waals surface area contributed by atoms with Crippen LogP contribution in [0.3, 0.4) is 0 Å². The first kappa shape index (κ1) is 21.8. The van der Waals surface area contributed by atoms with Crippen molar-refractivity contribution in [1.82, 2.24) is 24.6 Å². The van der Waals surface area contributed by atoms with Gasteiger partial charge in [-0.1, -0.05) is 17.7 Å². The van der Waals surface area contributed by atoms with Gasteiger partial charge in [0.2, 0.25) is 5.82 Å². The Morgan fingerprint density at radius 2 is 1.75 bits per heavy atom. The van der Waals surface area contributed by atoms with E-state index in [1.54, 1.807) is 53.1 Å². The van der Waals surface area contributed by atoms with Crippen LogP contribution in [0.4, 0.5) is 14.9 Å². The van der Waals surface area contributed by atoms with Crippen LogP contribution in [0.2, 0.25) is 5.02 Å². The molecule has 2 aromatic carbocycles. The lowest BCUT2D eigenvalue weighted by molar-refractivity contribution is 0.0750. The van der Waals surface area contributed by atoms with Gasteiger partial charge in [0.15, 0.2) is 0 Å². The Morgan fingerprint density at radius 1 is 1.03 bits per heavy atom. The molecule has 1 fully saturated rings. The molecule has 1 aliphatic heterocycles. The topological polar surface area (TPSA) is 83.4 Å². The Balaban J connectivity index is 1.41. The maximum absolute atomic E-state index is 13.2. The van der Waals surface area contributed by atoms with E-state index in [2.05, 4.69) is 15.4 Å². The number of nitrogens with zero attached hydrogens (tertiary/aromatic N) is 5. The summed E-state index contributed by atoms with van der Waals surface area (Å²) in [4.78, 5) is 33.2. The molecule has 2 heterocycles. The maximum Gasteiger partial charge on any atom is 0.321 e. The third kappa shape index (κ3) is 4.88. The first-order chi connectivity index (χ1) is 15.4. The lowest BCUT2D eigenvalue weighted by Gasteiger charge is -2.22. The third-order valence-corrected chi connectivity index (χ3v) is 5.41. The van der Waals surface area contributed by atoms with Crippen molar-refractivity contribution in [2.24, 2.45) is 0 Å². The van der Waals surface area contributed by atoms with Crippen molar-refractivity contribution in [3.8, 4) is 5.69 Å². The second-order valence-corrected chi connectivity index (χ2v) is 7.88. The number of rotatable bonds is 3. The monoisotopic (exact) mass is 456 g/mol. The molecule has 0 atom stereocenters. The summed E-state index contributed by atoms with van der Waals surface area (Å²) in [6, 6.07) is 12.5. The zero-order valence-electron chi connectivity index (χ0n) is 17.5. The summed E-state index contributed by atoms with van der Waals surface area (Å²) in [6.07, 6.45) is 0.631. The maximum atomic E-state index is 13.2. The summed E-state index contributed by atoms with van der Waals surface area (Å²) in [7, 11) is 0. The molecule has 0 aliphatic carbocycles. The predicted molar refractivity (Wildman–Crippen MR) is 119 cm³/mol. The zero-order chi connectivity index (χ0) is 22.7. The Morgan fingerprint density at radius 3 is 2.50 bits per heavy atom. The molecule has 32 heavy (non-hydrogen) atoms. The van der Waals surface area contributed by atoms with Gasteiger partial charge >= 0.3 is 6.03 Å². The van der Waals surface area contributed by atoms with Gasteiger partial charge in [-0.3, -0.25) is 4.79 Å². The second-order valence-electron chi connectivity index (χ2n) is 7.44. The molecule has 4 rings (SSSR count). The molecule has 1 saturated heterocycles. The van der Waals surface area contributed by atoms with E-state index in [-0.39, 0.29) is 23.6 Å². The number of benzene rings is 2. The van der Waals surface area contributed by atoms with Crippen molar-refractivity contribution in [1.29, 1.82) is 0 Å². The van der Waals surface area contributed by atoms with Crippen LogP contribution in [0.5, 0.6) is 0 Å². The SMILES string of the molecule is Cc1nc(C(=O)N2CCCN(C(=O)Nc3cccc(Cl)c3)CC2)nn1-c1ccc(F)cc1. The van der Waals surface area contributed by atoms with Crippen LogP contribution in [0.25, 0.3) is 5.69 Å². The van der Waals surface area contributed by atoms with E-state index in [0.29, 0.717) is 54.8 Å². The van der Waals surface area contributed by atoms with Gasteiger partial charge in [-0.15, -0.1) is 5.10 Å². The minimum atomic E-state index is -0.351. The summed E-state index contributed by atoms with van der Waals surface area (Å²) in [5.41, 5.74) is 1.24. The second kappa shape index (κ2) is 9.35. The van der Waals surface area contributed by atoms with Gasteiger partial charge in [0.05, 0.1) is 5.69 Å². The van der Waals surface area contributed by atoms with Crippen molar-refractivity contribution in [3.63, 3.8) is 0 Å². The Kier molecular flexibility index (Phi) is 6.36. The average molecular weight is 457 g/mol. The molecule has 10 heteroatoms. The number of nitrogens with one attached hydrogen (secondary N) is 1. The molecular formula is C22H22ClFN6O2. The zero-order valence-corrected chi connectivity index (χ0v) is 18.2. The lowest BCUT2D eigenvalue weighted by atomic mass is 10.3. The highest BCUT2D eigenvalue weighted by Gasteiger charge is 2.26. The summed E-state index contributed by atoms with van der Waals surface area (Å²) < 4.78 is 14.7. The highest BCUT2D eigenvalue weighted by molar-refractivity contribution is 6.30. The van der Waals surface area contributed by atoms with Gasteiger partial charge in [0.25, 0.3) is 5.91 Å². The van der Waals surface area contributed by atoms with Crippen LogP contribution in [-0.4, -0.2) is 62.7 Å². The van der Waals surface area contributed by atoms with Crippen molar-refractivity contribution in [3.05, 3.63) is 71.0 Å². The van der Waals surface area contributed by atoms with Gasteiger partial charge in [-0.25, -0.2) is 18.9 Å². The number of hydrogen-bond donors (Lipinski definition) is 1. The van der Waals surface area contributed by atoms with Crippen LogP contribution in [-0.2, 0) is 0 Å². The van der Waals surface area contributed by atoms with E-state index in [0.717, 1.165) is 0 Å². The average Bonchev–Trinajstić information content (AvgIpc) is 2.99. The molecule has 0 unspecified atom stereocenters. The summed E-state index contributed by atoms with van der Waals surface area (Å²) in [5, 5.41) is 7.69. The molecule has 8 nitrogen and oxygen atoms in total. The van der Waals surface area contributed by atoms with E-state index < -0.39 is 0 Å². The van der Waals surface area contributed by atoms with Crippen LogP contribution in [0.1, 0.15) is 22.9 Å². The van der Waals surface area contributed by atoms with Crippen molar-refractivity contribution >= 4 is 29.2 Å². The summed E-state index contributed by atoms with van der Waals surface area (Å²) >= 11 is 5.97. The number of aryl methyl sites for hydroxylation is 1. The Bertz CT molecular complexity index is 1130. The van der Waals surface area contributed by atoms with Crippen LogP contribution >= 0.6 is 11.6 Å². The van der Waals surface area contributed by atoms with Crippen LogP contribution in [0, 0.1) is 12.7 Å². The van der Waals surface area contributed by atoms with Crippen molar-refractivity contribution < 1.29 is 14.0 Å². The Labute approximate surface area is 189 Å².